The minimum Gasteiger partial charge on any atom is -0.326 e. The summed E-state index contributed by atoms with van der Waals surface area (Å²) in [5, 5.41) is 3.25. The molecular weight excluding hydrogens is 323 g/mol. The van der Waals surface area contributed by atoms with E-state index in [0.717, 1.165) is 26.4 Å². The van der Waals surface area contributed by atoms with E-state index in [0.29, 0.717) is 16.6 Å². The van der Waals surface area contributed by atoms with Crippen molar-refractivity contribution in [3.05, 3.63) is 64.1 Å². The van der Waals surface area contributed by atoms with Gasteiger partial charge in [-0.15, -0.1) is 0 Å². The first-order valence-corrected chi connectivity index (χ1v) is 7.96. The molecule has 3 rings (SSSR count). The third-order valence-corrected chi connectivity index (χ3v) is 4.86. The fourth-order valence-electron chi connectivity index (χ4n) is 2.04. The quantitative estimate of drug-likeness (QED) is 0.719. The highest BCUT2D eigenvalue weighted by molar-refractivity contribution is 7.99. The highest BCUT2D eigenvalue weighted by Gasteiger charge is 2.10. The van der Waals surface area contributed by atoms with Gasteiger partial charge in [-0.05, 0) is 35.9 Å². The molecule has 106 valence electrons. The molecule has 5 heteroatoms. The van der Waals surface area contributed by atoms with Crippen LogP contribution < -0.4 is 5.73 Å². The number of benzene rings is 2. The molecule has 2 aromatic carbocycles. The van der Waals surface area contributed by atoms with Crippen LogP contribution in [-0.4, -0.2) is 4.98 Å². The van der Waals surface area contributed by atoms with Gasteiger partial charge in [0.15, 0.2) is 0 Å². The van der Waals surface area contributed by atoms with E-state index in [4.69, 9.17) is 33.9 Å². The van der Waals surface area contributed by atoms with E-state index >= 15 is 0 Å². The molecule has 0 aliphatic heterocycles. The van der Waals surface area contributed by atoms with Crippen LogP contribution >= 0.6 is 35.0 Å². The summed E-state index contributed by atoms with van der Waals surface area (Å²) in [7, 11) is 0. The number of rotatable bonds is 3. The monoisotopic (exact) mass is 334 g/mol. The van der Waals surface area contributed by atoms with Gasteiger partial charge in [-0.1, -0.05) is 53.2 Å². The Balaban J connectivity index is 2.08. The molecule has 0 fully saturated rings. The maximum Gasteiger partial charge on any atom is 0.106 e. The van der Waals surface area contributed by atoms with Crippen molar-refractivity contribution in [2.45, 2.75) is 16.5 Å². The molecular formula is C16H12Cl2N2S. The first-order chi connectivity index (χ1) is 10.2. The molecule has 0 atom stereocenters. The van der Waals surface area contributed by atoms with E-state index in [1.54, 1.807) is 12.1 Å². The number of hydrogen-bond acceptors (Lipinski definition) is 3. The summed E-state index contributed by atoms with van der Waals surface area (Å²) >= 11 is 13.7. The SMILES string of the molecule is NCc1cc2ccccc2nc1Sc1cc(Cl)ccc1Cl. The molecule has 0 unspecified atom stereocenters. The number of pyridine rings is 1. The first kappa shape index (κ1) is 14.7. The molecule has 2 N–H and O–H groups in total. The molecule has 0 radical (unpaired) electrons. The topological polar surface area (TPSA) is 38.9 Å². The number of nitrogens with zero attached hydrogens (tertiary/aromatic N) is 1. The molecule has 1 heterocycles. The van der Waals surface area contributed by atoms with Gasteiger partial charge >= 0.3 is 0 Å². The van der Waals surface area contributed by atoms with Crippen LogP contribution in [0.5, 0.6) is 0 Å². The van der Waals surface area contributed by atoms with Crippen LogP contribution in [0.1, 0.15) is 5.56 Å². The van der Waals surface area contributed by atoms with Crippen molar-refractivity contribution in [2.75, 3.05) is 0 Å². The summed E-state index contributed by atoms with van der Waals surface area (Å²) in [6.07, 6.45) is 0. The van der Waals surface area contributed by atoms with E-state index < -0.39 is 0 Å². The van der Waals surface area contributed by atoms with Crippen LogP contribution in [0.2, 0.25) is 10.0 Å². The van der Waals surface area contributed by atoms with Crippen molar-refractivity contribution in [3.8, 4) is 0 Å². The van der Waals surface area contributed by atoms with Crippen molar-refractivity contribution in [1.29, 1.82) is 0 Å². The molecule has 0 amide bonds. The van der Waals surface area contributed by atoms with Gasteiger partial charge in [-0.2, -0.15) is 0 Å². The minimum atomic E-state index is 0.429. The zero-order valence-corrected chi connectivity index (χ0v) is 13.3. The lowest BCUT2D eigenvalue weighted by molar-refractivity contribution is 0.982. The average Bonchev–Trinajstić information content (AvgIpc) is 2.50. The Morgan fingerprint density at radius 3 is 2.67 bits per heavy atom. The fraction of sp³-hybridized carbons (Fsp3) is 0.0625. The Morgan fingerprint density at radius 1 is 1.05 bits per heavy atom. The van der Waals surface area contributed by atoms with Gasteiger partial charge in [0, 0.05) is 21.8 Å². The summed E-state index contributed by atoms with van der Waals surface area (Å²) < 4.78 is 0. The summed E-state index contributed by atoms with van der Waals surface area (Å²) in [5.74, 6) is 0. The lowest BCUT2D eigenvalue weighted by atomic mass is 10.1. The lowest BCUT2D eigenvalue weighted by Gasteiger charge is -2.10. The van der Waals surface area contributed by atoms with Gasteiger partial charge in [-0.25, -0.2) is 4.98 Å². The Labute approximate surface area is 137 Å². The maximum atomic E-state index is 6.22. The highest BCUT2D eigenvalue weighted by atomic mass is 35.5. The molecule has 1 aromatic heterocycles. The predicted molar refractivity (Wildman–Crippen MR) is 90.2 cm³/mol. The van der Waals surface area contributed by atoms with Crippen molar-refractivity contribution in [1.82, 2.24) is 4.98 Å². The maximum absolute atomic E-state index is 6.22. The van der Waals surface area contributed by atoms with Gasteiger partial charge in [0.1, 0.15) is 5.03 Å². The van der Waals surface area contributed by atoms with Crippen molar-refractivity contribution >= 4 is 45.9 Å². The molecule has 21 heavy (non-hydrogen) atoms. The second kappa shape index (κ2) is 6.24. The van der Waals surface area contributed by atoms with Crippen LogP contribution in [0.15, 0.2) is 58.5 Å². The first-order valence-electron chi connectivity index (χ1n) is 6.39. The van der Waals surface area contributed by atoms with Crippen LogP contribution in [0, 0.1) is 0 Å². The number of hydrogen-bond donors (Lipinski definition) is 1. The molecule has 0 aliphatic rings. The molecule has 0 aliphatic carbocycles. The van der Waals surface area contributed by atoms with Gasteiger partial charge in [0.2, 0.25) is 0 Å². The zero-order chi connectivity index (χ0) is 14.8. The van der Waals surface area contributed by atoms with E-state index in [9.17, 15) is 0 Å². The van der Waals surface area contributed by atoms with E-state index in [1.807, 2.05) is 30.3 Å². The lowest BCUT2D eigenvalue weighted by Crippen LogP contribution is -2.00. The summed E-state index contributed by atoms with van der Waals surface area (Å²) in [4.78, 5) is 5.57. The molecule has 0 saturated heterocycles. The van der Waals surface area contributed by atoms with Crippen LogP contribution in [0.4, 0.5) is 0 Å². The second-order valence-electron chi connectivity index (χ2n) is 4.53. The van der Waals surface area contributed by atoms with Crippen molar-refractivity contribution < 1.29 is 0 Å². The van der Waals surface area contributed by atoms with Gasteiger partial charge in [0.05, 0.1) is 10.5 Å². The number of aromatic nitrogens is 1. The third kappa shape index (κ3) is 3.16. The predicted octanol–water partition coefficient (Wildman–Crippen LogP) is 5.15. The molecule has 2 nitrogen and oxygen atoms in total. The smallest absolute Gasteiger partial charge is 0.106 e. The van der Waals surface area contributed by atoms with E-state index in [2.05, 4.69) is 6.07 Å². The van der Waals surface area contributed by atoms with Crippen LogP contribution in [-0.2, 0) is 6.54 Å². The van der Waals surface area contributed by atoms with Gasteiger partial charge in [0.25, 0.3) is 0 Å². The Kier molecular flexibility index (Phi) is 4.36. The Morgan fingerprint density at radius 2 is 1.86 bits per heavy atom. The third-order valence-electron chi connectivity index (χ3n) is 3.08. The van der Waals surface area contributed by atoms with Crippen molar-refractivity contribution in [2.24, 2.45) is 5.73 Å². The standard InChI is InChI=1S/C16H12Cl2N2S/c17-12-5-6-13(18)15(8-12)21-16-11(9-19)7-10-3-1-2-4-14(10)20-16/h1-8H,9,19H2. The Hall–Kier alpha value is -1.26. The summed E-state index contributed by atoms with van der Waals surface area (Å²) in [5.41, 5.74) is 7.79. The normalized spacial score (nSPS) is 11.0. The molecule has 0 spiro atoms. The van der Waals surface area contributed by atoms with E-state index in [-0.39, 0.29) is 0 Å². The molecule has 0 saturated carbocycles. The van der Waals surface area contributed by atoms with Crippen LogP contribution in [0.3, 0.4) is 0 Å². The minimum absolute atomic E-state index is 0.429. The highest BCUT2D eigenvalue weighted by Crippen LogP contribution is 2.36. The second-order valence-corrected chi connectivity index (χ2v) is 6.40. The largest absolute Gasteiger partial charge is 0.326 e. The summed E-state index contributed by atoms with van der Waals surface area (Å²) in [6, 6.07) is 15.4. The number of halogens is 2. The van der Waals surface area contributed by atoms with Crippen LogP contribution in [0.25, 0.3) is 10.9 Å². The Bertz CT molecular complexity index is 805. The summed E-state index contributed by atoms with van der Waals surface area (Å²) in [6.45, 7) is 0.429. The van der Waals surface area contributed by atoms with E-state index in [1.165, 1.54) is 11.8 Å². The number of para-hydroxylation sites is 1. The number of nitrogens with two attached hydrogens (primary N) is 1. The fourth-order valence-corrected chi connectivity index (χ4v) is 3.48. The van der Waals surface area contributed by atoms with Gasteiger partial charge in [-0.3, -0.25) is 0 Å². The van der Waals surface area contributed by atoms with Gasteiger partial charge < -0.3 is 5.73 Å². The molecule has 0 bridgehead atoms. The zero-order valence-electron chi connectivity index (χ0n) is 11.0. The average molecular weight is 335 g/mol. The van der Waals surface area contributed by atoms with Crippen molar-refractivity contribution in [3.63, 3.8) is 0 Å². The molecule has 3 aromatic rings. The number of fused-ring (bicyclic) bond motifs is 1.